The first kappa shape index (κ1) is 14.8. The van der Waals surface area contributed by atoms with Crippen molar-refractivity contribution in [1.29, 1.82) is 0 Å². The zero-order valence-corrected chi connectivity index (χ0v) is 12.9. The van der Waals surface area contributed by atoms with Crippen LogP contribution in [-0.4, -0.2) is 0 Å². The Morgan fingerprint density at radius 2 is 1.74 bits per heavy atom. The third-order valence-electron chi connectivity index (χ3n) is 2.76. The van der Waals surface area contributed by atoms with E-state index in [0.717, 1.165) is 10.0 Å². The minimum atomic E-state index is -0.361. The van der Waals surface area contributed by atoms with E-state index in [1.807, 2.05) is 0 Å². The van der Waals surface area contributed by atoms with Crippen molar-refractivity contribution < 1.29 is 4.39 Å². The third-order valence-corrected chi connectivity index (χ3v) is 3.69. The van der Waals surface area contributed by atoms with Crippen LogP contribution in [-0.2, 0) is 6.42 Å². The molecule has 1 nitrogen and oxygen atoms in total. The summed E-state index contributed by atoms with van der Waals surface area (Å²) in [4.78, 5) is 0. The predicted molar refractivity (Wildman–Crippen MR) is 81.2 cm³/mol. The van der Waals surface area contributed by atoms with E-state index < -0.39 is 0 Å². The minimum Gasteiger partial charge on any atom is -0.324 e. The van der Waals surface area contributed by atoms with Gasteiger partial charge in [-0.2, -0.15) is 0 Å². The molecule has 0 saturated heterocycles. The summed E-state index contributed by atoms with van der Waals surface area (Å²) in [6, 6.07) is 9.56. The van der Waals surface area contributed by atoms with E-state index in [4.69, 9.17) is 28.9 Å². The molecule has 1 unspecified atom stereocenters. The maximum Gasteiger partial charge on any atom is 0.126 e. The Morgan fingerprint density at radius 1 is 1.11 bits per heavy atom. The van der Waals surface area contributed by atoms with Gasteiger partial charge in [-0.05, 0) is 53.9 Å². The number of rotatable bonds is 3. The zero-order chi connectivity index (χ0) is 14.0. The van der Waals surface area contributed by atoms with Crippen molar-refractivity contribution in [2.45, 2.75) is 12.5 Å². The quantitative estimate of drug-likeness (QED) is 0.803. The van der Waals surface area contributed by atoms with Crippen LogP contribution in [0.15, 0.2) is 40.9 Å². The monoisotopic (exact) mass is 361 g/mol. The van der Waals surface area contributed by atoms with Crippen LogP contribution < -0.4 is 5.73 Å². The Labute approximate surface area is 129 Å². The Morgan fingerprint density at radius 3 is 2.37 bits per heavy atom. The van der Waals surface area contributed by atoms with Crippen LogP contribution in [0, 0.1) is 5.82 Å². The fraction of sp³-hybridized carbons (Fsp3) is 0.143. The summed E-state index contributed by atoms with van der Waals surface area (Å²) in [6.07, 6.45) is 0.377. The molecule has 2 aromatic carbocycles. The summed E-state index contributed by atoms with van der Waals surface area (Å²) in [5, 5.41) is 1.04. The number of hydrogen-bond donors (Lipinski definition) is 1. The van der Waals surface area contributed by atoms with Crippen LogP contribution in [0.2, 0.25) is 10.0 Å². The van der Waals surface area contributed by atoms with Crippen molar-refractivity contribution in [2.75, 3.05) is 0 Å². The summed E-state index contributed by atoms with van der Waals surface area (Å²) in [5.41, 5.74) is 7.43. The second-order valence-corrected chi connectivity index (χ2v) is 6.04. The summed E-state index contributed by atoms with van der Waals surface area (Å²) in [5.74, 6) is -0.272. The molecule has 100 valence electrons. The maximum atomic E-state index is 13.7. The molecule has 2 N–H and O–H groups in total. The molecule has 0 aliphatic carbocycles. The maximum absolute atomic E-state index is 13.7. The van der Waals surface area contributed by atoms with Gasteiger partial charge in [0, 0.05) is 20.6 Å². The summed E-state index contributed by atoms with van der Waals surface area (Å²) in [6.45, 7) is 0. The van der Waals surface area contributed by atoms with E-state index in [1.54, 1.807) is 30.3 Å². The lowest BCUT2D eigenvalue weighted by molar-refractivity contribution is 0.593. The molecule has 2 aromatic rings. The van der Waals surface area contributed by atoms with Gasteiger partial charge in [-0.15, -0.1) is 0 Å². The highest BCUT2D eigenvalue weighted by Crippen LogP contribution is 2.26. The molecular weight excluding hydrogens is 352 g/mol. The van der Waals surface area contributed by atoms with Gasteiger partial charge < -0.3 is 5.73 Å². The number of hydrogen-bond acceptors (Lipinski definition) is 1. The van der Waals surface area contributed by atoms with Crippen LogP contribution in [0.4, 0.5) is 4.39 Å². The molecule has 0 aliphatic heterocycles. The highest BCUT2D eigenvalue weighted by molar-refractivity contribution is 9.10. The molecule has 0 spiro atoms. The molecule has 5 heteroatoms. The van der Waals surface area contributed by atoms with Crippen molar-refractivity contribution >= 4 is 39.1 Å². The second-order valence-electron chi connectivity index (χ2n) is 4.25. The zero-order valence-electron chi connectivity index (χ0n) is 9.84. The van der Waals surface area contributed by atoms with Gasteiger partial charge in [-0.1, -0.05) is 39.1 Å². The standard InChI is InChI=1S/C14H11BrCl2FN/c15-10-1-2-13(18)8(3-10)6-14(19)9-4-11(16)7-12(17)5-9/h1-5,7,14H,6,19H2. The van der Waals surface area contributed by atoms with Crippen LogP contribution in [0.25, 0.3) is 0 Å². The van der Waals surface area contributed by atoms with E-state index >= 15 is 0 Å². The topological polar surface area (TPSA) is 26.0 Å². The SMILES string of the molecule is NC(Cc1cc(Br)ccc1F)c1cc(Cl)cc(Cl)c1. The molecule has 0 aromatic heterocycles. The van der Waals surface area contributed by atoms with E-state index in [2.05, 4.69) is 15.9 Å². The fourth-order valence-electron chi connectivity index (χ4n) is 1.84. The Bertz CT molecular complexity index is 584. The van der Waals surface area contributed by atoms with Crippen LogP contribution in [0.1, 0.15) is 17.2 Å². The van der Waals surface area contributed by atoms with Crippen molar-refractivity contribution in [3.8, 4) is 0 Å². The van der Waals surface area contributed by atoms with Crippen molar-refractivity contribution in [3.05, 3.63) is 67.9 Å². The van der Waals surface area contributed by atoms with Crippen molar-refractivity contribution in [1.82, 2.24) is 0 Å². The van der Waals surface area contributed by atoms with Gasteiger partial charge in [0.25, 0.3) is 0 Å². The number of nitrogens with two attached hydrogens (primary N) is 1. The van der Waals surface area contributed by atoms with E-state index in [0.29, 0.717) is 22.0 Å². The molecule has 0 heterocycles. The van der Waals surface area contributed by atoms with E-state index in [1.165, 1.54) is 6.07 Å². The molecular formula is C14H11BrCl2FN. The molecule has 1 atom stereocenters. The van der Waals surface area contributed by atoms with E-state index in [9.17, 15) is 4.39 Å². The van der Waals surface area contributed by atoms with Crippen LogP contribution in [0.5, 0.6) is 0 Å². The average molecular weight is 363 g/mol. The first-order valence-corrected chi connectivity index (χ1v) is 7.16. The van der Waals surface area contributed by atoms with Gasteiger partial charge in [0.05, 0.1) is 0 Å². The molecule has 0 saturated carbocycles. The predicted octanol–water partition coefficient (Wildman–Crippen LogP) is 5.14. The second kappa shape index (κ2) is 6.23. The minimum absolute atomic E-state index is 0.272. The normalized spacial score (nSPS) is 12.5. The molecule has 0 amide bonds. The highest BCUT2D eigenvalue weighted by atomic mass is 79.9. The molecule has 0 fully saturated rings. The first-order valence-electron chi connectivity index (χ1n) is 5.61. The van der Waals surface area contributed by atoms with Gasteiger partial charge in [0.15, 0.2) is 0 Å². The smallest absolute Gasteiger partial charge is 0.126 e. The molecule has 19 heavy (non-hydrogen) atoms. The molecule has 0 aliphatic rings. The lowest BCUT2D eigenvalue weighted by Gasteiger charge is -2.14. The average Bonchev–Trinajstić information content (AvgIpc) is 2.32. The Kier molecular flexibility index (Phi) is 4.85. The van der Waals surface area contributed by atoms with Gasteiger partial charge >= 0.3 is 0 Å². The van der Waals surface area contributed by atoms with Crippen molar-refractivity contribution in [3.63, 3.8) is 0 Å². The van der Waals surface area contributed by atoms with E-state index in [-0.39, 0.29) is 11.9 Å². The fourth-order valence-corrected chi connectivity index (χ4v) is 2.80. The van der Waals surface area contributed by atoms with Gasteiger partial charge in [-0.25, -0.2) is 4.39 Å². The van der Waals surface area contributed by atoms with Gasteiger partial charge in [0.2, 0.25) is 0 Å². The van der Waals surface area contributed by atoms with Crippen LogP contribution in [0.3, 0.4) is 0 Å². The summed E-state index contributed by atoms with van der Waals surface area (Å²) >= 11 is 15.2. The third kappa shape index (κ3) is 3.93. The highest BCUT2D eigenvalue weighted by Gasteiger charge is 2.12. The lowest BCUT2D eigenvalue weighted by atomic mass is 9.99. The molecule has 0 radical (unpaired) electrons. The summed E-state index contributed by atoms with van der Waals surface area (Å²) < 4.78 is 14.5. The van der Waals surface area contributed by atoms with Crippen molar-refractivity contribution in [2.24, 2.45) is 5.73 Å². The molecule has 0 bridgehead atoms. The number of halogens is 4. The van der Waals surface area contributed by atoms with Gasteiger partial charge in [-0.3, -0.25) is 0 Å². The Hall–Kier alpha value is -0.610. The van der Waals surface area contributed by atoms with Gasteiger partial charge in [0.1, 0.15) is 5.82 Å². The van der Waals surface area contributed by atoms with Crippen LogP contribution >= 0.6 is 39.1 Å². The molecule has 2 rings (SSSR count). The largest absolute Gasteiger partial charge is 0.324 e. The summed E-state index contributed by atoms with van der Waals surface area (Å²) in [7, 11) is 0. The first-order chi connectivity index (χ1) is 8.95. The number of benzene rings is 2. The Balaban J connectivity index is 2.25. The lowest BCUT2D eigenvalue weighted by Crippen LogP contribution is -2.14.